The zero-order valence-corrected chi connectivity index (χ0v) is 9.90. The summed E-state index contributed by atoms with van der Waals surface area (Å²) in [4.78, 5) is 13.6. The minimum Gasteiger partial charge on any atom is -0.476 e. The zero-order valence-electron chi connectivity index (χ0n) is 9.90. The molecule has 0 radical (unpaired) electrons. The molecule has 0 fully saturated rings. The summed E-state index contributed by atoms with van der Waals surface area (Å²) in [6.45, 7) is 1.85. The molecule has 2 N–H and O–H groups in total. The number of carboxylic acid groups (broad SMARTS) is 1. The highest BCUT2D eigenvalue weighted by molar-refractivity contribution is 5.89. The Hall–Kier alpha value is -2.63. The van der Waals surface area contributed by atoms with Gasteiger partial charge in [0.25, 0.3) is 0 Å². The van der Waals surface area contributed by atoms with E-state index in [4.69, 9.17) is 9.63 Å². The number of hydrogen-bond acceptors (Lipinski definition) is 3. The number of aryl methyl sites for hydroxylation is 1. The first-order valence-electron chi connectivity index (χ1n) is 5.54. The largest absolute Gasteiger partial charge is 0.476 e. The van der Waals surface area contributed by atoms with Crippen LogP contribution >= 0.6 is 0 Å². The van der Waals surface area contributed by atoms with Crippen LogP contribution < -0.4 is 0 Å². The Labute approximate surface area is 106 Å². The normalized spacial score (nSPS) is 11.1. The molecule has 0 saturated heterocycles. The van der Waals surface area contributed by atoms with E-state index in [1.807, 2.05) is 6.92 Å². The van der Waals surface area contributed by atoms with Crippen LogP contribution in [0.3, 0.4) is 0 Å². The molecule has 96 valence electrons. The smallest absolute Gasteiger partial charge is 0.358 e. The van der Waals surface area contributed by atoms with Crippen molar-refractivity contribution in [1.29, 1.82) is 0 Å². The van der Waals surface area contributed by atoms with E-state index in [0.717, 1.165) is 10.9 Å². The van der Waals surface area contributed by atoms with Crippen molar-refractivity contribution >= 4 is 16.9 Å². The summed E-state index contributed by atoms with van der Waals surface area (Å²) in [5.74, 6) is -1.39. The van der Waals surface area contributed by atoms with Crippen molar-refractivity contribution < 1.29 is 18.8 Å². The fraction of sp³-hybridized carbons (Fsp3) is 0.0769. The van der Waals surface area contributed by atoms with Crippen LogP contribution in [0.1, 0.15) is 16.1 Å². The van der Waals surface area contributed by atoms with Crippen molar-refractivity contribution in [1.82, 2.24) is 10.1 Å². The van der Waals surface area contributed by atoms with Gasteiger partial charge in [-0.25, -0.2) is 9.18 Å². The molecule has 0 amide bonds. The number of carboxylic acids is 1. The number of aromatic carboxylic acids is 1. The van der Waals surface area contributed by atoms with Gasteiger partial charge in [0.1, 0.15) is 5.82 Å². The summed E-state index contributed by atoms with van der Waals surface area (Å²) in [5, 5.41) is 12.9. The average Bonchev–Trinajstić information content (AvgIpc) is 2.97. The third-order valence-electron chi connectivity index (χ3n) is 2.96. The third-order valence-corrected chi connectivity index (χ3v) is 2.96. The van der Waals surface area contributed by atoms with Gasteiger partial charge >= 0.3 is 5.97 Å². The van der Waals surface area contributed by atoms with Crippen molar-refractivity contribution in [2.45, 2.75) is 6.92 Å². The molecule has 3 aromatic rings. The van der Waals surface area contributed by atoms with Gasteiger partial charge in [0.15, 0.2) is 11.5 Å². The Morgan fingerprint density at radius 1 is 1.42 bits per heavy atom. The molecule has 0 unspecified atom stereocenters. The summed E-state index contributed by atoms with van der Waals surface area (Å²) in [6, 6.07) is 4.28. The van der Waals surface area contributed by atoms with Crippen LogP contribution in [0.15, 0.2) is 28.9 Å². The maximum absolute atomic E-state index is 13.9. The lowest BCUT2D eigenvalue weighted by Gasteiger charge is -1.99. The molecule has 0 aliphatic rings. The van der Waals surface area contributed by atoms with E-state index in [2.05, 4.69) is 10.1 Å². The standard InChI is InChI=1S/C13H9FN2O3/c1-6-5-15-12-8(6)2-7(3-9(12)14)11-4-10(13(17)18)16-19-11/h2-5,15H,1H3,(H,17,18). The van der Waals surface area contributed by atoms with Gasteiger partial charge in [-0.15, -0.1) is 0 Å². The second kappa shape index (κ2) is 3.94. The number of benzene rings is 1. The number of aromatic amines is 1. The van der Waals surface area contributed by atoms with Crippen molar-refractivity contribution in [2.75, 3.05) is 0 Å². The van der Waals surface area contributed by atoms with E-state index in [1.54, 1.807) is 12.3 Å². The van der Waals surface area contributed by atoms with E-state index in [-0.39, 0.29) is 11.5 Å². The number of halogens is 1. The number of carbonyl (C=O) groups is 1. The number of H-pyrrole nitrogens is 1. The summed E-state index contributed by atoms with van der Waals surface area (Å²) in [7, 11) is 0. The Morgan fingerprint density at radius 3 is 2.89 bits per heavy atom. The fourth-order valence-corrected chi connectivity index (χ4v) is 1.98. The van der Waals surface area contributed by atoms with Gasteiger partial charge in [-0.3, -0.25) is 0 Å². The van der Waals surface area contributed by atoms with Crippen molar-refractivity contribution in [3.63, 3.8) is 0 Å². The van der Waals surface area contributed by atoms with Crippen molar-refractivity contribution in [3.05, 3.63) is 41.5 Å². The molecule has 0 aliphatic carbocycles. The van der Waals surface area contributed by atoms with E-state index >= 15 is 0 Å². The first-order chi connectivity index (χ1) is 9.06. The van der Waals surface area contributed by atoms with Crippen LogP contribution in [0.25, 0.3) is 22.2 Å². The maximum Gasteiger partial charge on any atom is 0.358 e. The highest BCUT2D eigenvalue weighted by Gasteiger charge is 2.15. The molecule has 3 rings (SSSR count). The van der Waals surface area contributed by atoms with Gasteiger partial charge in [0, 0.05) is 23.2 Å². The third kappa shape index (κ3) is 1.77. The molecule has 2 aromatic heterocycles. The molecular formula is C13H9FN2O3. The highest BCUT2D eigenvalue weighted by Crippen LogP contribution is 2.28. The summed E-state index contributed by atoms with van der Waals surface area (Å²) in [6.07, 6.45) is 1.71. The predicted molar refractivity (Wildman–Crippen MR) is 65.5 cm³/mol. The molecule has 0 bridgehead atoms. The Balaban J connectivity index is 2.18. The molecule has 2 heterocycles. The van der Waals surface area contributed by atoms with Crippen LogP contribution in [0.4, 0.5) is 4.39 Å². The molecule has 0 spiro atoms. The molecule has 6 heteroatoms. The number of hydrogen-bond donors (Lipinski definition) is 2. The van der Waals surface area contributed by atoms with Crippen LogP contribution in [-0.2, 0) is 0 Å². The van der Waals surface area contributed by atoms with Gasteiger partial charge < -0.3 is 14.6 Å². The van der Waals surface area contributed by atoms with Gasteiger partial charge in [-0.2, -0.15) is 0 Å². The molecule has 0 aliphatic heterocycles. The molecular weight excluding hydrogens is 251 g/mol. The van der Waals surface area contributed by atoms with E-state index in [0.29, 0.717) is 11.1 Å². The second-order valence-corrected chi connectivity index (χ2v) is 4.23. The minimum absolute atomic E-state index is 0.207. The first kappa shape index (κ1) is 11.5. The molecule has 0 saturated carbocycles. The molecule has 0 atom stereocenters. The topological polar surface area (TPSA) is 79.1 Å². The Bertz CT molecular complexity index is 788. The molecule has 1 aromatic carbocycles. The quantitative estimate of drug-likeness (QED) is 0.742. The summed E-state index contributed by atoms with van der Waals surface area (Å²) >= 11 is 0. The Morgan fingerprint density at radius 2 is 2.21 bits per heavy atom. The number of rotatable bonds is 2. The van der Waals surface area contributed by atoms with Gasteiger partial charge in [-0.05, 0) is 24.6 Å². The van der Waals surface area contributed by atoms with Gasteiger partial charge in [-0.1, -0.05) is 5.16 Å². The lowest BCUT2D eigenvalue weighted by molar-refractivity contribution is 0.0686. The van der Waals surface area contributed by atoms with Crippen LogP contribution in [0.2, 0.25) is 0 Å². The maximum atomic E-state index is 13.9. The van der Waals surface area contributed by atoms with Crippen LogP contribution in [0, 0.1) is 12.7 Å². The average molecular weight is 260 g/mol. The van der Waals surface area contributed by atoms with Gasteiger partial charge in [0.05, 0.1) is 5.52 Å². The highest BCUT2D eigenvalue weighted by atomic mass is 19.1. The first-order valence-corrected chi connectivity index (χ1v) is 5.54. The number of aromatic nitrogens is 2. The second-order valence-electron chi connectivity index (χ2n) is 4.23. The zero-order chi connectivity index (χ0) is 13.6. The van der Waals surface area contributed by atoms with Gasteiger partial charge in [0.2, 0.25) is 0 Å². The number of nitrogens with one attached hydrogen (secondary N) is 1. The number of nitrogens with zero attached hydrogens (tertiary/aromatic N) is 1. The monoisotopic (exact) mass is 260 g/mol. The Kier molecular flexibility index (Phi) is 2.38. The van der Waals surface area contributed by atoms with E-state index in [9.17, 15) is 9.18 Å². The lowest BCUT2D eigenvalue weighted by atomic mass is 10.1. The minimum atomic E-state index is -1.19. The molecule has 5 nitrogen and oxygen atoms in total. The fourth-order valence-electron chi connectivity index (χ4n) is 1.98. The lowest BCUT2D eigenvalue weighted by Crippen LogP contribution is -1.94. The number of fused-ring (bicyclic) bond motifs is 1. The van der Waals surface area contributed by atoms with Crippen molar-refractivity contribution in [3.8, 4) is 11.3 Å². The van der Waals surface area contributed by atoms with E-state index < -0.39 is 11.8 Å². The van der Waals surface area contributed by atoms with Crippen LogP contribution in [0.5, 0.6) is 0 Å². The predicted octanol–water partition coefficient (Wildman–Crippen LogP) is 2.97. The van der Waals surface area contributed by atoms with Crippen molar-refractivity contribution in [2.24, 2.45) is 0 Å². The van der Waals surface area contributed by atoms with E-state index in [1.165, 1.54) is 12.1 Å². The SMILES string of the molecule is Cc1c[nH]c2c(F)cc(-c3cc(C(=O)O)no3)cc12. The van der Waals surface area contributed by atoms with Crippen LogP contribution in [-0.4, -0.2) is 21.2 Å². The summed E-state index contributed by atoms with van der Waals surface area (Å²) < 4.78 is 18.8. The molecule has 19 heavy (non-hydrogen) atoms. The summed E-state index contributed by atoms with van der Waals surface area (Å²) in [5.41, 5.74) is 1.56.